The predicted molar refractivity (Wildman–Crippen MR) is 135 cm³/mol. The van der Waals surface area contributed by atoms with Gasteiger partial charge in [-0.15, -0.1) is 0 Å². The van der Waals surface area contributed by atoms with Gasteiger partial charge in [-0.1, -0.05) is 71.4 Å². The van der Waals surface area contributed by atoms with Crippen LogP contribution < -0.4 is 16.0 Å². The molecule has 4 rings (SSSR count). The van der Waals surface area contributed by atoms with Crippen LogP contribution in [0.25, 0.3) is 0 Å². The lowest BCUT2D eigenvalue weighted by atomic mass is 10.3. The quantitative estimate of drug-likeness (QED) is 0.243. The maximum Gasteiger partial charge on any atom is 0.234 e. The summed E-state index contributed by atoms with van der Waals surface area (Å²) >= 11 is 13.2. The van der Waals surface area contributed by atoms with Gasteiger partial charge in [-0.05, 0) is 42.5 Å². The molecule has 0 bridgehead atoms. The Bertz CT molecular complexity index is 1180. The molecule has 0 fully saturated rings. The number of nitrogens with zero attached hydrogens (tertiary/aromatic N) is 3. The minimum absolute atomic E-state index is 0.0819. The fourth-order valence-electron chi connectivity index (χ4n) is 2.74. The lowest BCUT2D eigenvalue weighted by Gasteiger charge is -2.11. The second-order valence-corrected chi connectivity index (χ2v) is 8.49. The highest BCUT2D eigenvalue weighted by molar-refractivity contribution is 7.99. The summed E-state index contributed by atoms with van der Waals surface area (Å²) in [5.41, 5.74) is 2.15. The first-order chi connectivity index (χ1) is 16.0. The Morgan fingerprint density at radius 1 is 0.788 bits per heavy atom. The van der Waals surface area contributed by atoms with E-state index in [1.54, 1.807) is 18.2 Å². The molecule has 0 radical (unpaired) electrons. The summed E-state index contributed by atoms with van der Waals surface area (Å²) in [5, 5.41) is 10.3. The molecular weight excluding hydrogens is 479 g/mol. The van der Waals surface area contributed by atoms with Crippen LogP contribution in [-0.4, -0.2) is 26.6 Å². The van der Waals surface area contributed by atoms with Gasteiger partial charge in [-0.3, -0.25) is 4.79 Å². The van der Waals surface area contributed by atoms with Crippen molar-refractivity contribution in [1.29, 1.82) is 0 Å². The van der Waals surface area contributed by atoms with Crippen LogP contribution in [-0.2, 0) is 4.79 Å². The highest BCUT2D eigenvalue weighted by atomic mass is 35.5. The Kier molecular flexibility index (Phi) is 7.62. The van der Waals surface area contributed by atoms with Crippen molar-refractivity contribution in [3.8, 4) is 0 Å². The molecule has 0 saturated carbocycles. The zero-order valence-electron chi connectivity index (χ0n) is 17.1. The zero-order valence-corrected chi connectivity index (χ0v) is 19.5. The summed E-state index contributed by atoms with van der Waals surface area (Å²) in [6, 6.07) is 24.0. The third-order valence-electron chi connectivity index (χ3n) is 4.21. The van der Waals surface area contributed by atoms with Crippen molar-refractivity contribution in [3.63, 3.8) is 0 Å². The number of thioether (sulfide) groups is 1. The van der Waals surface area contributed by atoms with Crippen molar-refractivity contribution >= 4 is 69.8 Å². The number of aromatic nitrogens is 3. The molecule has 0 aliphatic heterocycles. The number of benzene rings is 3. The fourth-order valence-corrected chi connectivity index (χ4v) is 3.83. The molecule has 1 heterocycles. The molecule has 4 aromatic rings. The second-order valence-electron chi connectivity index (χ2n) is 6.71. The van der Waals surface area contributed by atoms with Crippen molar-refractivity contribution in [1.82, 2.24) is 15.0 Å². The molecule has 0 saturated heterocycles. The Labute approximate surface area is 205 Å². The van der Waals surface area contributed by atoms with Crippen LogP contribution in [0, 0.1) is 0 Å². The lowest BCUT2D eigenvalue weighted by Crippen LogP contribution is -2.15. The average molecular weight is 497 g/mol. The first-order valence-electron chi connectivity index (χ1n) is 9.83. The standard InChI is InChI=1S/C23H18Cl2N6OS/c24-15-11-12-19(18(25)13-15)28-20(32)14-33-23-30-21(26-16-7-3-1-4-8-16)29-22(31-23)27-17-9-5-2-6-10-17/h1-13H,14H2,(H,28,32)(H2,26,27,29,30,31). The van der Waals surface area contributed by atoms with Gasteiger partial charge in [0.1, 0.15) is 0 Å². The first kappa shape index (κ1) is 22.8. The number of halogens is 2. The van der Waals surface area contributed by atoms with Gasteiger partial charge in [0.05, 0.1) is 16.5 Å². The van der Waals surface area contributed by atoms with Crippen LogP contribution in [0.3, 0.4) is 0 Å². The number of hydrogen-bond acceptors (Lipinski definition) is 7. The van der Waals surface area contributed by atoms with Gasteiger partial charge in [0.2, 0.25) is 17.8 Å². The van der Waals surface area contributed by atoms with Gasteiger partial charge in [-0.25, -0.2) is 0 Å². The second kappa shape index (κ2) is 11.0. The molecule has 3 aromatic carbocycles. The summed E-state index contributed by atoms with van der Waals surface area (Å²) in [7, 11) is 0. The number of anilines is 5. The lowest BCUT2D eigenvalue weighted by molar-refractivity contribution is -0.113. The first-order valence-corrected chi connectivity index (χ1v) is 11.6. The molecule has 0 atom stereocenters. The van der Waals surface area contributed by atoms with Gasteiger partial charge in [0.15, 0.2) is 5.16 Å². The van der Waals surface area contributed by atoms with E-state index in [2.05, 4.69) is 30.9 Å². The van der Waals surface area contributed by atoms with Gasteiger partial charge in [0.25, 0.3) is 0 Å². The Hall–Kier alpha value is -3.33. The van der Waals surface area contributed by atoms with Crippen molar-refractivity contribution in [2.45, 2.75) is 5.16 Å². The molecule has 0 spiro atoms. The number of nitrogens with one attached hydrogen (secondary N) is 3. The highest BCUT2D eigenvalue weighted by Gasteiger charge is 2.12. The van der Waals surface area contributed by atoms with E-state index in [4.69, 9.17) is 23.2 Å². The molecular formula is C23H18Cl2N6OS. The minimum Gasteiger partial charge on any atom is -0.324 e. The number of carbonyl (C=O) groups is 1. The van der Waals surface area contributed by atoms with E-state index in [9.17, 15) is 4.79 Å². The molecule has 166 valence electrons. The smallest absolute Gasteiger partial charge is 0.234 e. The topological polar surface area (TPSA) is 91.8 Å². The molecule has 0 aliphatic carbocycles. The molecule has 0 unspecified atom stereocenters. The van der Waals surface area contributed by atoms with Gasteiger partial charge < -0.3 is 16.0 Å². The third kappa shape index (κ3) is 6.82. The van der Waals surface area contributed by atoms with Crippen LogP contribution in [0.2, 0.25) is 10.0 Å². The van der Waals surface area contributed by atoms with Crippen LogP contribution in [0.5, 0.6) is 0 Å². The van der Waals surface area contributed by atoms with Crippen LogP contribution in [0.4, 0.5) is 29.0 Å². The van der Waals surface area contributed by atoms with Crippen molar-refractivity contribution in [2.24, 2.45) is 0 Å². The molecule has 33 heavy (non-hydrogen) atoms. The third-order valence-corrected chi connectivity index (χ3v) is 5.61. The Morgan fingerprint density at radius 3 is 1.91 bits per heavy atom. The van der Waals surface area contributed by atoms with Crippen LogP contribution in [0.1, 0.15) is 0 Å². The summed E-state index contributed by atoms with van der Waals surface area (Å²) in [6.45, 7) is 0. The normalized spacial score (nSPS) is 10.5. The number of hydrogen-bond donors (Lipinski definition) is 3. The molecule has 0 aliphatic rings. The van der Waals surface area contributed by atoms with E-state index in [0.717, 1.165) is 11.4 Å². The number of carbonyl (C=O) groups excluding carboxylic acids is 1. The maximum absolute atomic E-state index is 12.4. The van der Waals surface area contributed by atoms with Crippen LogP contribution >= 0.6 is 35.0 Å². The minimum atomic E-state index is -0.250. The summed E-state index contributed by atoms with van der Waals surface area (Å²) in [6.07, 6.45) is 0. The summed E-state index contributed by atoms with van der Waals surface area (Å²) in [5.74, 6) is 0.551. The summed E-state index contributed by atoms with van der Waals surface area (Å²) < 4.78 is 0. The monoisotopic (exact) mass is 496 g/mol. The maximum atomic E-state index is 12.4. The molecule has 10 heteroatoms. The fraction of sp³-hybridized carbons (Fsp3) is 0.0435. The van der Waals surface area contributed by atoms with E-state index < -0.39 is 0 Å². The van der Waals surface area contributed by atoms with E-state index in [-0.39, 0.29) is 11.7 Å². The van der Waals surface area contributed by atoms with Crippen molar-refractivity contribution in [2.75, 3.05) is 21.7 Å². The van der Waals surface area contributed by atoms with E-state index in [0.29, 0.717) is 32.8 Å². The van der Waals surface area contributed by atoms with Crippen molar-refractivity contribution in [3.05, 3.63) is 88.9 Å². The number of rotatable bonds is 8. The van der Waals surface area contributed by atoms with Gasteiger partial charge in [0, 0.05) is 16.4 Å². The molecule has 7 nitrogen and oxygen atoms in total. The number of amides is 1. The van der Waals surface area contributed by atoms with E-state index in [1.807, 2.05) is 60.7 Å². The van der Waals surface area contributed by atoms with Gasteiger partial charge >= 0.3 is 0 Å². The zero-order chi connectivity index (χ0) is 23.0. The van der Waals surface area contributed by atoms with E-state index in [1.165, 1.54) is 11.8 Å². The van der Waals surface area contributed by atoms with Crippen molar-refractivity contribution < 1.29 is 4.79 Å². The highest BCUT2D eigenvalue weighted by Crippen LogP contribution is 2.26. The average Bonchev–Trinajstić information content (AvgIpc) is 2.81. The van der Waals surface area contributed by atoms with Gasteiger partial charge in [-0.2, -0.15) is 15.0 Å². The molecule has 1 aromatic heterocycles. The molecule has 1 amide bonds. The number of para-hydroxylation sites is 2. The largest absolute Gasteiger partial charge is 0.324 e. The Balaban J connectivity index is 1.49. The molecule has 3 N–H and O–H groups in total. The predicted octanol–water partition coefficient (Wildman–Crippen LogP) is 6.40. The Morgan fingerprint density at radius 2 is 1.36 bits per heavy atom. The van der Waals surface area contributed by atoms with E-state index >= 15 is 0 Å². The van der Waals surface area contributed by atoms with Crippen LogP contribution in [0.15, 0.2) is 84.0 Å². The summed E-state index contributed by atoms with van der Waals surface area (Å²) in [4.78, 5) is 25.8. The SMILES string of the molecule is O=C(CSc1nc(Nc2ccccc2)nc(Nc2ccccc2)n1)Nc1ccc(Cl)cc1Cl.